The zero-order chi connectivity index (χ0) is 15.6. The number of hydrazine groups is 1. The van der Waals surface area contributed by atoms with Crippen molar-refractivity contribution in [2.75, 3.05) is 12.0 Å². The van der Waals surface area contributed by atoms with Crippen LogP contribution in [0.15, 0.2) is 54.6 Å². The zero-order valence-electron chi connectivity index (χ0n) is 12.0. The molecule has 0 aliphatic heterocycles. The molecule has 0 saturated heterocycles. The first kappa shape index (κ1) is 15.5. The number of anilines is 1. The van der Waals surface area contributed by atoms with Gasteiger partial charge >= 0.3 is 6.09 Å². The third kappa shape index (κ3) is 5.26. The van der Waals surface area contributed by atoms with E-state index in [0.717, 1.165) is 11.3 Å². The Labute approximate surface area is 129 Å². The number of nitrogen functional groups attached to an aromatic ring is 1. The lowest BCUT2D eigenvalue weighted by Crippen LogP contribution is -2.24. The van der Waals surface area contributed by atoms with E-state index in [2.05, 4.69) is 15.7 Å². The summed E-state index contributed by atoms with van der Waals surface area (Å²) in [6.07, 6.45) is 3.11. The third-order valence-electron chi connectivity index (χ3n) is 2.78. The molecule has 0 aliphatic carbocycles. The van der Waals surface area contributed by atoms with E-state index in [9.17, 15) is 4.79 Å². The Kier molecular flexibility index (Phi) is 5.95. The molecular formula is C16H18N4O2. The molecule has 4 N–H and O–H groups in total. The SMILES string of the molecule is NNc1cccc(C=CCNC(=O)OCc2ccccc2)n1. The molecule has 22 heavy (non-hydrogen) atoms. The van der Waals surface area contributed by atoms with Gasteiger partial charge in [-0.05, 0) is 23.8 Å². The number of hydrogen-bond acceptors (Lipinski definition) is 5. The third-order valence-corrected chi connectivity index (χ3v) is 2.78. The van der Waals surface area contributed by atoms with Crippen molar-refractivity contribution in [3.8, 4) is 0 Å². The first-order valence-corrected chi connectivity index (χ1v) is 6.82. The molecule has 1 heterocycles. The number of nitrogens with two attached hydrogens (primary N) is 1. The molecule has 0 atom stereocenters. The van der Waals surface area contributed by atoms with E-state index < -0.39 is 6.09 Å². The highest BCUT2D eigenvalue weighted by molar-refractivity contribution is 5.67. The molecule has 0 fully saturated rings. The van der Waals surface area contributed by atoms with Gasteiger partial charge in [-0.25, -0.2) is 15.6 Å². The molecule has 6 nitrogen and oxygen atoms in total. The maximum atomic E-state index is 11.5. The van der Waals surface area contributed by atoms with Crippen LogP contribution in [-0.4, -0.2) is 17.6 Å². The topological polar surface area (TPSA) is 89.3 Å². The number of amides is 1. The molecule has 0 radical (unpaired) electrons. The van der Waals surface area contributed by atoms with Gasteiger partial charge in [-0.3, -0.25) is 0 Å². The van der Waals surface area contributed by atoms with Crippen LogP contribution in [0, 0.1) is 0 Å². The minimum Gasteiger partial charge on any atom is -0.445 e. The second-order valence-corrected chi connectivity index (χ2v) is 4.44. The Bertz CT molecular complexity index is 629. The van der Waals surface area contributed by atoms with Crippen molar-refractivity contribution < 1.29 is 9.53 Å². The van der Waals surface area contributed by atoms with E-state index >= 15 is 0 Å². The highest BCUT2D eigenvalue weighted by Gasteiger charge is 2.00. The van der Waals surface area contributed by atoms with Gasteiger partial charge in [0.1, 0.15) is 12.4 Å². The summed E-state index contributed by atoms with van der Waals surface area (Å²) in [5.41, 5.74) is 4.17. The summed E-state index contributed by atoms with van der Waals surface area (Å²) in [7, 11) is 0. The number of nitrogens with zero attached hydrogens (tertiary/aromatic N) is 1. The van der Waals surface area contributed by atoms with E-state index in [1.54, 1.807) is 18.2 Å². The quantitative estimate of drug-likeness (QED) is 0.562. The molecular weight excluding hydrogens is 280 g/mol. The van der Waals surface area contributed by atoms with Crippen LogP contribution in [0.3, 0.4) is 0 Å². The molecule has 1 aromatic heterocycles. The average Bonchev–Trinajstić information content (AvgIpc) is 2.58. The summed E-state index contributed by atoms with van der Waals surface area (Å²) in [6.45, 7) is 0.609. The number of aromatic nitrogens is 1. The van der Waals surface area contributed by atoms with E-state index in [4.69, 9.17) is 10.6 Å². The lowest BCUT2D eigenvalue weighted by atomic mass is 10.2. The molecule has 6 heteroatoms. The molecule has 0 unspecified atom stereocenters. The van der Waals surface area contributed by atoms with Crippen molar-refractivity contribution in [3.63, 3.8) is 0 Å². The van der Waals surface area contributed by atoms with Crippen LogP contribution < -0.4 is 16.6 Å². The maximum Gasteiger partial charge on any atom is 0.407 e. The number of alkyl carbamates (subject to hydrolysis) is 1. The summed E-state index contributed by atoms with van der Waals surface area (Å²) in [5, 5.41) is 2.64. The van der Waals surface area contributed by atoms with Crippen molar-refractivity contribution in [2.24, 2.45) is 5.84 Å². The van der Waals surface area contributed by atoms with Gasteiger partial charge in [0.25, 0.3) is 0 Å². The molecule has 1 aromatic carbocycles. The van der Waals surface area contributed by atoms with Crippen LogP contribution in [0.2, 0.25) is 0 Å². The fourth-order valence-electron chi connectivity index (χ4n) is 1.72. The number of ether oxygens (including phenoxy) is 1. The second-order valence-electron chi connectivity index (χ2n) is 4.44. The van der Waals surface area contributed by atoms with Crippen molar-refractivity contribution >= 4 is 18.0 Å². The Morgan fingerprint density at radius 1 is 1.18 bits per heavy atom. The van der Waals surface area contributed by atoms with E-state index in [1.165, 1.54) is 0 Å². The normalized spacial score (nSPS) is 10.4. The van der Waals surface area contributed by atoms with Crippen molar-refractivity contribution in [1.29, 1.82) is 0 Å². The highest BCUT2D eigenvalue weighted by Crippen LogP contribution is 2.04. The molecule has 0 aliphatic rings. The van der Waals surface area contributed by atoms with Gasteiger partial charge in [-0.15, -0.1) is 0 Å². The zero-order valence-corrected chi connectivity index (χ0v) is 12.0. The highest BCUT2D eigenvalue weighted by atomic mass is 16.5. The van der Waals surface area contributed by atoms with Crippen LogP contribution in [0.4, 0.5) is 10.6 Å². The van der Waals surface area contributed by atoms with E-state index in [1.807, 2.05) is 42.5 Å². The lowest BCUT2D eigenvalue weighted by Gasteiger charge is -2.05. The average molecular weight is 298 g/mol. The van der Waals surface area contributed by atoms with Crippen molar-refractivity contribution in [3.05, 3.63) is 65.9 Å². The summed E-state index contributed by atoms with van der Waals surface area (Å²) in [6, 6.07) is 14.9. The van der Waals surface area contributed by atoms with Gasteiger partial charge in [0.05, 0.1) is 5.69 Å². The smallest absolute Gasteiger partial charge is 0.407 e. The summed E-state index contributed by atoms with van der Waals surface area (Å²) >= 11 is 0. The summed E-state index contributed by atoms with van der Waals surface area (Å²) in [5.74, 6) is 5.87. The second kappa shape index (κ2) is 8.43. The summed E-state index contributed by atoms with van der Waals surface area (Å²) < 4.78 is 5.09. The number of rotatable bonds is 6. The molecule has 114 valence electrons. The maximum absolute atomic E-state index is 11.5. The molecule has 2 aromatic rings. The summed E-state index contributed by atoms with van der Waals surface area (Å²) in [4.78, 5) is 15.7. The van der Waals surface area contributed by atoms with Crippen LogP contribution in [-0.2, 0) is 11.3 Å². The fraction of sp³-hybridized carbons (Fsp3) is 0.125. The van der Waals surface area contributed by atoms with Crippen LogP contribution in [0.5, 0.6) is 0 Å². The van der Waals surface area contributed by atoms with E-state index in [-0.39, 0.29) is 6.61 Å². The Morgan fingerprint density at radius 2 is 2.00 bits per heavy atom. The number of hydrogen-bond donors (Lipinski definition) is 3. The van der Waals surface area contributed by atoms with Crippen molar-refractivity contribution in [1.82, 2.24) is 10.3 Å². The monoisotopic (exact) mass is 298 g/mol. The molecule has 0 saturated carbocycles. The molecule has 0 bridgehead atoms. The van der Waals surface area contributed by atoms with Crippen molar-refractivity contribution in [2.45, 2.75) is 6.61 Å². The van der Waals surface area contributed by atoms with E-state index in [0.29, 0.717) is 12.4 Å². The first-order chi connectivity index (χ1) is 10.8. The molecule has 1 amide bonds. The Morgan fingerprint density at radius 3 is 2.77 bits per heavy atom. The lowest BCUT2D eigenvalue weighted by molar-refractivity contribution is 0.141. The number of carbonyl (C=O) groups is 1. The standard InChI is InChI=1S/C16H18N4O2/c17-20-15-10-4-8-14(19-15)9-5-11-18-16(21)22-12-13-6-2-1-3-7-13/h1-10H,11-12,17H2,(H,18,21)(H,19,20). The minimum atomic E-state index is -0.459. The van der Waals surface area contributed by atoms with Crippen LogP contribution >= 0.6 is 0 Å². The van der Waals surface area contributed by atoms with Crippen LogP contribution in [0.25, 0.3) is 6.08 Å². The predicted octanol–water partition coefficient (Wildman–Crippen LogP) is 2.31. The van der Waals surface area contributed by atoms with Gasteiger partial charge < -0.3 is 15.5 Å². The Balaban J connectivity index is 1.71. The number of carbonyl (C=O) groups excluding carboxylic acids is 1. The molecule has 2 rings (SSSR count). The van der Waals surface area contributed by atoms with Gasteiger partial charge in [-0.2, -0.15) is 0 Å². The Hall–Kier alpha value is -2.86. The van der Waals surface area contributed by atoms with Gasteiger partial charge in [0.2, 0.25) is 0 Å². The molecule has 0 spiro atoms. The fourth-order valence-corrected chi connectivity index (χ4v) is 1.72. The van der Waals surface area contributed by atoms with Gasteiger partial charge in [-0.1, -0.05) is 42.5 Å². The first-order valence-electron chi connectivity index (χ1n) is 6.82. The number of benzene rings is 1. The minimum absolute atomic E-state index is 0.252. The predicted molar refractivity (Wildman–Crippen MR) is 85.7 cm³/mol. The largest absolute Gasteiger partial charge is 0.445 e. The number of nitrogens with one attached hydrogen (secondary N) is 2. The number of pyridine rings is 1. The van der Waals surface area contributed by atoms with Gasteiger partial charge in [0, 0.05) is 6.54 Å². The van der Waals surface area contributed by atoms with Gasteiger partial charge in [0.15, 0.2) is 0 Å². The van der Waals surface area contributed by atoms with Crippen LogP contribution in [0.1, 0.15) is 11.3 Å².